The smallest absolute Gasteiger partial charge is 0.311 e. The van der Waals surface area contributed by atoms with Crippen molar-refractivity contribution in [3.8, 4) is 5.75 Å². The van der Waals surface area contributed by atoms with Crippen LogP contribution in [-0.4, -0.2) is 25.2 Å². The van der Waals surface area contributed by atoms with Crippen molar-refractivity contribution < 1.29 is 23.0 Å². The highest BCUT2D eigenvalue weighted by atomic mass is 127. The Hall–Kier alpha value is -0.990. The number of carbonyl (C=O) groups excluding carboxylic acids is 1. The number of methoxy groups -OCH3 is 2. The first-order valence-electron chi connectivity index (χ1n) is 4.57. The van der Waals surface area contributed by atoms with Gasteiger partial charge in [-0.1, -0.05) is 0 Å². The number of esters is 1. The Kier molecular flexibility index (Phi) is 5.03. The number of hydrogen-bond donors (Lipinski definition) is 0. The molecule has 1 aromatic heterocycles. The zero-order valence-electron chi connectivity index (χ0n) is 9.17. The molecule has 0 unspecified atom stereocenters. The molecule has 0 saturated heterocycles. The van der Waals surface area contributed by atoms with Gasteiger partial charge < -0.3 is 9.47 Å². The summed E-state index contributed by atoms with van der Waals surface area (Å²) in [5.41, 5.74) is -0.271. The third-order valence-corrected chi connectivity index (χ3v) is 3.19. The van der Waals surface area contributed by atoms with Crippen molar-refractivity contribution in [3.63, 3.8) is 0 Å². The third kappa shape index (κ3) is 3.24. The normalized spacial score (nSPS) is 10.5. The fourth-order valence-corrected chi connectivity index (χ4v) is 2.14. The number of pyridine rings is 1. The Labute approximate surface area is 110 Å². The monoisotopic (exact) mass is 357 g/mol. The first-order chi connectivity index (χ1) is 8.01. The zero-order chi connectivity index (χ0) is 13.0. The Morgan fingerprint density at radius 2 is 2.18 bits per heavy atom. The van der Waals surface area contributed by atoms with Crippen LogP contribution in [0.5, 0.6) is 5.75 Å². The molecule has 0 atom stereocenters. The highest BCUT2D eigenvalue weighted by Gasteiger charge is 2.22. The largest absolute Gasteiger partial charge is 0.494 e. The van der Waals surface area contributed by atoms with Gasteiger partial charge in [-0.3, -0.25) is 9.78 Å². The molecule has 1 rings (SSSR count). The highest BCUT2D eigenvalue weighted by Crippen LogP contribution is 2.32. The number of aromatic nitrogens is 1. The molecule has 0 saturated carbocycles. The van der Waals surface area contributed by atoms with Gasteiger partial charge in [-0.2, -0.15) is 0 Å². The molecule has 0 bridgehead atoms. The fourth-order valence-electron chi connectivity index (χ4n) is 1.24. The van der Waals surface area contributed by atoms with E-state index >= 15 is 0 Å². The van der Waals surface area contributed by atoms with E-state index in [1.165, 1.54) is 20.4 Å². The maximum atomic E-state index is 12.9. The summed E-state index contributed by atoms with van der Waals surface area (Å²) in [5.74, 6) is -0.352. The molecule has 0 aliphatic rings. The number of ether oxygens (including phenoxy) is 2. The van der Waals surface area contributed by atoms with Gasteiger partial charge in [-0.05, 0) is 22.6 Å². The molecule has 0 aliphatic heterocycles. The maximum Gasteiger partial charge on any atom is 0.311 e. The lowest BCUT2D eigenvalue weighted by Crippen LogP contribution is -2.11. The molecule has 0 aliphatic carbocycles. The number of halogens is 3. The number of carbonyl (C=O) groups is 1. The van der Waals surface area contributed by atoms with Crippen molar-refractivity contribution in [2.45, 2.75) is 12.8 Å². The first kappa shape index (κ1) is 14.1. The standard InChI is InChI=1S/C10H10F2INO3/c1-16-6-4-14-5(3-7(15)17-2)8(9(6)13)10(11)12/h4,10H,3H2,1-2H3. The van der Waals surface area contributed by atoms with Crippen molar-refractivity contribution in [1.82, 2.24) is 4.98 Å². The molecule has 0 amide bonds. The average molecular weight is 357 g/mol. The van der Waals surface area contributed by atoms with E-state index < -0.39 is 12.4 Å². The average Bonchev–Trinajstić information content (AvgIpc) is 2.28. The second-order valence-corrected chi connectivity index (χ2v) is 4.13. The summed E-state index contributed by atoms with van der Waals surface area (Å²) >= 11 is 1.74. The summed E-state index contributed by atoms with van der Waals surface area (Å²) in [5, 5.41) is 0. The topological polar surface area (TPSA) is 48.4 Å². The number of hydrogen-bond acceptors (Lipinski definition) is 4. The van der Waals surface area contributed by atoms with Gasteiger partial charge in [0.05, 0.1) is 41.7 Å². The quantitative estimate of drug-likeness (QED) is 0.613. The van der Waals surface area contributed by atoms with Gasteiger partial charge in [-0.25, -0.2) is 8.78 Å². The number of alkyl halides is 2. The van der Waals surface area contributed by atoms with E-state index in [-0.39, 0.29) is 27.0 Å². The minimum Gasteiger partial charge on any atom is -0.494 e. The minimum atomic E-state index is -2.72. The minimum absolute atomic E-state index is 0.0112. The van der Waals surface area contributed by atoms with Crippen LogP contribution in [0.25, 0.3) is 0 Å². The summed E-state index contributed by atoms with van der Waals surface area (Å²) in [6.07, 6.45) is -1.69. The van der Waals surface area contributed by atoms with Crippen LogP contribution in [0.2, 0.25) is 0 Å². The Balaban J connectivity index is 3.21. The summed E-state index contributed by atoms with van der Waals surface area (Å²) in [7, 11) is 2.56. The number of nitrogens with zero attached hydrogens (tertiary/aromatic N) is 1. The molecule has 0 radical (unpaired) electrons. The predicted molar refractivity (Wildman–Crippen MR) is 64.2 cm³/mol. The van der Waals surface area contributed by atoms with Crippen LogP contribution in [0.15, 0.2) is 6.20 Å². The van der Waals surface area contributed by atoms with Crippen LogP contribution in [0, 0.1) is 3.57 Å². The van der Waals surface area contributed by atoms with Gasteiger partial charge in [0.15, 0.2) is 5.75 Å². The van der Waals surface area contributed by atoms with Gasteiger partial charge in [0, 0.05) is 0 Å². The molecular formula is C10H10F2INO3. The van der Waals surface area contributed by atoms with Gasteiger partial charge in [0.2, 0.25) is 0 Å². The lowest BCUT2D eigenvalue weighted by molar-refractivity contribution is -0.139. The van der Waals surface area contributed by atoms with Crippen LogP contribution in [0.1, 0.15) is 17.7 Å². The lowest BCUT2D eigenvalue weighted by Gasteiger charge is -2.12. The van der Waals surface area contributed by atoms with E-state index in [4.69, 9.17) is 4.74 Å². The molecule has 0 aromatic carbocycles. The van der Waals surface area contributed by atoms with Crippen molar-refractivity contribution in [3.05, 3.63) is 21.0 Å². The van der Waals surface area contributed by atoms with Crippen molar-refractivity contribution >= 4 is 28.6 Å². The molecule has 1 heterocycles. The molecule has 4 nitrogen and oxygen atoms in total. The molecule has 0 N–H and O–H groups in total. The van der Waals surface area contributed by atoms with Crippen LogP contribution >= 0.6 is 22.6 Å². The molecule has 0 spiro atoms. The summed E-state index contributed by atoms with van der Waals surface area (Å²) in [6.45, 7) is 0. The summed E-state index contributed by atoms with van der Waals surface area (Å²) < 4.78 is 35.4. The van der Waals surface area contributed by atoms with E-state index in [9.17, 15) is 13.6 Å². The Morgan fingerprint density at radius 3 is 2.65 bits per heavy atom. The van der Waals surface area contributed by atoms with Gasteiger partial charge in [-0.15, -0.1) is 0 Å². The van der Waals surface area contributed by atoms with Crippen LogP contribution in [0.3, 0.4) is 0 Å². The van der Waals surface area contributed by atoms with Crippen LogP contribution in [0.4, 0.5) is 8.78 Å². The van der Waals surface area contributed by atoms with Gasteiger partial charge in [0.25, 0.3) is 6.43 Å². The first-order valence-corrected chi connectivity index (χ1v) is 5.65. The van der Waals surface area contributed by atoms with E-state index in [1.807, 2.05) is 0 Å². The molecule has 7 heteroatoms. The van der Waals surface area contributed by atoms with Crippen LogP contribution < -0.4 is 4.74 Å². The lowest BCUT2D eigenvalue weighted by atomic mass is 10.1. The van der Waals surface area contributed by atoms with Gasteiger partial charge >= 0.3 is 5.97 Å². The van der Waals surface area contributed by atoms with Crippen molar-refractivity contribution in [2.24, 2.45) is 0 Å². The molecule has 0 fully saturated rings. The zero-order valence-corrected chi connectivity index (χ0v) is 11.3. The SMILES string of the molecule is COC(=O)Cc1ncc(OC)c(I)c1C(F)F. The van der Waals surface area contributed by atoms with E-state index in [0.29, 0.717) is 0 Å². The Bertz CT molecular complexity index is 426. The third-order valence-electron chi connectivity index (χ3n) is 2.08. The molecular weight excluding hydrogens is 347 g/mol. The van der Waals surface area contributed by atoms with Crippen LogP contribution in [-0.2, 0) is 16.0 Å². The Morgan fingerprint density at radius 1 is 1.53 bits per heavy atom. The van der Waals surface area contributed by atoms with Crippen molar-refractivity contribution in [2.75, 3.05) is 14.2 Å². The van der Waals surface area contributed by atoms with E-state index in [1.54, 1.807) is 22.6 Å². The molecule has 94 valence electrons. The maximum absolute atomic E-state index is 12.9. The number of rotatable bonds is 4. The van der Waals surface area contributed by atoms with E-state index in [0.717, 1.165) is 0 Å². The molecule has 1 aromatic rings. The summed E-state index contributed by atoms with van der Waals surface area (Å²) in [6, 6.07) is 0. The van der Waals surface area contributed by atoms with Gasteiger partial charge in [0.1, 0.15) is 0 Å². The second-order valence-electron chi connectivity index (χ2n) is 3.05. The fraction of sp³-hybridized carbons (Fsp3) is 0.400. The van der Waals surface area contributed by atoms with E-state index in [2.05, 4.69) is 9.72 Å². The highest BCUT2D eigenvalue weighted by molar-refractivity contribution is 14.1. The molecule has 17 heavy (non-hydrogen) atoms. The second kappa shape index (κ2) is 6.08. The van der Waals surface area contributed by atoms with Crippen molar-refractivity contribution in [1.29, 1.82) is 0 Å². The summed E-state index contributed by atoms with van der Waals surface area (Å²) in [4.78, 5) is 14.9. The predicted octanol–water partition coefficient (Wildman–Crippen LogP) is 2.35.